The summed E-state index contributed by atoms with van der Waals surface area (Å²) in [5.41, 5.74) is 5.45. The Morgan fingerprint density at radius 1 is 1.36 bits per heavy atom. The Balaban J connectivity index is 2.99. The minimum absolute atomic E-state index is 1.04. The molecule has 0 aromatic heterocycles. The molecule has 0 aliphatic carbocycles. The van der Waals surface area contributed by atoms with Gasteiger partial charge in [-0.25, -0.2) is 0 Å². The van der Waals surface area contributed by atoms with Crippen molar-refractivity contribution < 1.29 is 0 Å². The van der Waals surface area contributed by atoms with Gasteiger partial charge in [-0.2, -0.15) is 0 Å². The second-order valence-corrected chi connectivity index (χ2v) is 4.48. The van der Waals surface area contributed by atoms with Gasteiger partial charge in [0.15, 0.2) is 0 Å². The third-order valence-corrected chi connectivity index (χ3v) is 2.84. The molecule has 0 radical (unpaired) electrons. The molecular weight excluding hydrogens is 236 g/mol. The number of alkyl halides is 1. The highest BCUT2D eigenvalue weighted by atomic mass is 79.9. The molecule has 0 atom stereocenters. The molecule has 0 fully saturated rings. The largest absolute Gasteiger partial charge is 0.0925 e. The van der Waals surface area contributed by atoms with Crippen LogP contribution in [0.15, 0.2) is 24.3 Å². The number of hydrogen-bond acceptors (Lipinski definition) is 0. The first-order valence-electron chi connectivity index (χ1n) is 4.95. The SMILES string of the molecule is C/C(=C/CCBr)c1cc(C)ccc1C. The van der Waals surface area contributed by atoms with E-state index in [1.54, 1.807) is 0 Å². The number of halogens is 1. The molecule has 0 aliphatic heterocycles. The lowest BCUT2D eigenvalue weighted by molar-refractivity contribution is 1.25. The van der Waals surface area contributed by atoms with Gasteiger partial charge in [0, 0.05) is 5.33 Å². The molecule has 0 saturated heterocycles. The van der Waals surface area contributed by atoms with Crippen molar-refractivity contribution in [1.29, 1.82) is 0 Å². The summed E-state index contributed by atoms with van der Waals surface area (Å²) >= 11 is 3.44. The predicted octanol–water partition coefficient (Wildman–Crippen LogP) is 4.49. The van der Waals surface area contributed by atoms with E-state index in [4.69, 9.17) is 0 Å². The summed E-state index contributed by atoms with van der Waals surface area (Å²) in [4.78, 5) is 0. The first-order valence-corrected chi connectivity index (χ1v) is 6.07. The van der Waals surface area contributed by atoms with Crippen LogP contribution in [0.3, 0.4) is 0 Å². The van der Waals surface area contributed by atoms with E-state index >= 15 is 0 Å². The molecule has 0 bridgehead atoms. The monoisotopic (exact) mass is 252 g/mol. The van der Waals surface area contributed by atoms with E-state index in [1.807, 2.05) is 0 Å². The predicted molar refractivity (Wildman–Crippen MR) is 68.0 cm³/mol. The van der Waals surface area contributed by atoms with Crippen molar-refractivity contribution in [1.82, 2.24) is 0 Å². The maximum Gasteiger partial charge on any atom is 0.00661 e. The number of aryl methyl sites for hydroxylation is 2. The van der Waals surface area contributed by atoms with Gasteiger partial charge in [-0.05, 0) is 43.9 Å². The molecule has 0 aliphatic rings. The molecule has 1 aromatic carbocycles. The van der Waals surface area contributed by atoms with Crippen LogP contribution in [-0.2, 0) is 0 Å². The molecule has 76 valence electrons. The van der Waals surface area contributed by atoms with Crippen LogP contribution in [0.2, 0.25) is 0 Å². The van der Waals surface area contributed by atoms with Gasteiger partial charge < -0.3 is 0 Å². The highest BCUT2D eigenvalue weighted by molar-refractivity contribution is 9.09. The number of hydrogen-bond donors (Lipinski definition) is 0. The summed E-state index contributed by atoms with van der Waals surface area (Å²) in [5, 5.41) is 1.04. The summed E-state index contributed by atoms with van der Waals surface area (Å²) in [7, 11) is 0. The van der Waals surface area contributed by atoms with E-state index in [0.29, 0.717) is 0 Å². The summed E-state index contributed by atoms with van der Waals surface area (Å²) in [5.74, 6) is 0. The van der Waals surface area contributed by atoms with Gasteiger partial charge >= 0.3 is 0 Å². The number of benzene rings is 1. The van der Waals surface area contributed by atoms with E-state index in [0.717, 1.165) is 11.8 Å². The molecule has 1 heteroatoms. The number of rotatable bonds is 3. The summed E-state index contributed by atoms with van der Waals surface area (Å²) < 4.78 is 0. The van der Waals surface area contributed by atoms with Crippen molar-refractivity contribution in [3.8, 4) is 0 Å². The average molecular weight is 253 g/mol. The topological polar surface area (TPSA) is 0 Å². The van der Waals surface area contributed by atoms with Crippen LogP contribution in [-0.4, -0.2) is 5.33 Å². The summed E-state index contributed by atoms with van der Waals surface area (Å²) in [6, 6.07) is 6.61. The van der Waals surface area contributed by atoms with E-state index in [9.17, 15) is 0 Å². The zero-order valence-corrected chi connectivity index (χ0v) is 10.7. The van der Waals surface area contributed by atoms with Gasteiger partial charge in [-0.15, -0.1) is 0 Å². The van der Waals surface area contributed by atoms with E-state index in [-0.39, 0.29) is 0 Å². The fourth-order valence-corrected chi connectivity index (χ4v) is 1.77. The van der Waals surface area contributed by atoms with Crippen LogP contribution in [0, 0.1) is 13.8 Å². The van der Waals surface area contributed by atoms with Gasteiger partial charge in [0.25, 0.3) is 0 Å². The van der Waals surface area contributed by atoms with E-state index in [2.05, 4.69) is 61.0 Å². The fourth-order valence-electron chi connectivity index (χ4n) is 1.54. The van der Waals surface area contributed by atoms with Crippen molar-refractivity contribution in [2.75, 3.05) is 5.33 Å². The minimum atomic E-state index is 1.04. The van der Waals surface area contributed by atoms with Crippen LogP contribution < -0.4 is 0 Å². The van der Waals surface area contributed by atoms with Crippen LogP contribution in [0.5, 0.6) is 0 Å². The van der Waals surface area contributed by atoms with E-state index < -0.39 is 0 Å². The van der Waals surface area contributed by atoms with Crippen LogP contribution in [0.1, 0.15) is 30.0 Å². The Labute approximate surface area is 95.2 Å². The van der Waals surface area contributed by atoms with Crippen molar-refractivity contribution in [2.45, 2.75) is 27.2 Å². The maximum atomic E-state index is 3.44. The van der Waals surface area contributed by atoms with Crippen molar-refractivity contribution in [2.24, 2.45) is 0 Å². The molecule has 0 amide bonds. The Kier molecular flexibility index (Phi) is 4.40. The fraction of sp³-hybridized carbons (Fsp3) is 0.385. The van der Waals surface area contributed by atoms with Crippen LogP contribution in [0.4, 0.5) is 0 Å². The summed E-state index contributed by atoms with van der Waals surface area (Å²) in [6.07, 6.45) is 3.38. The summed E-state index contributed by atoms with van der Waals surface area (Å²) in [6.45, 7) is 6.49. The van der Waals surface area contributed by atoms with Crippen molar-refractivity contribution in [3.05, 3.63) is 41.0 Å². The lowest BCUT2D eigenvalue weighted by Gasteiger charge is -2.07. The Hall–Kier alpha value is -0.560. The second-order valence-electron chi connectivity index (χ2n) is 3.68. The van der Waals surface area contributed by atoms with Crippen molar-refractivity contribution in [3.63, 3.8) is 0 Å². The molecule has 14 heavy (non-hydrogen) atoms. The zero-order valence-electron chi connectivity index (χ0n) is 9.10. The third-order valence-electron chi connectivity index (χ3n) is 2.38. The smallest absolute Gasteiger partial charge is 0.00661 e. The van der Waals surface area contributed by atoms with E-state index in [1.165, 1.54) is 22.3 Å². The lowest BCUT2D eigenvalue weighted by Crippen LogP contribution is -1.87. The van der Waals surface area contributed by atoms with Gasteiger partial charge in [0.1, 0.15) is 0 Å². The molecule has 0 N–H and O–H groups in total. The van der Waals surface area contributed by atoms with Crippen LogP contribution in [0.25, 0.3) is 5.57 Å². The molecule has 0 saturated carbocycles. The lowest BCUT2D eigenvalue weighted by atomic mass is 9.99. The number of allylic oxidation sites excluding steroid dienone is 2. The standard InChI is InChI=1S/C13H17Br/c1-10-6-7-12(3)13(9-10)11(2)5-4-8-14/h5-7,9H,4,8H2,1-3H3/b11-5-. The van der Waals surface area contributed by atoms with Gasteiger partial charge in [0.05, 0.1) is 0 Å². The zero-order chi connectivity index (χ0) is 10.6. The molecule has 1 rings (SSSR count). The normalized spacial score (nSPS) is 11.9. The quantitative estimate of drug-likeness (QED) is 0.696. The Bertz CT molecular complexity index is 337. The molecule has 0 spiro atoms. The minimum Gasteiger partial charge on any atom is -0.0925 e. The third kappa shape index (κ3) is 2.98. The second kappa shape index (κ2) is 5.35. The Morgan fingerprint density at radius 3 is 2.71 bits per heavy atom. The maximum absolute atomic E-state index is 3.44. The Morgan fingerprint density at radius 2 is 2.07 bits per heavy atom. The highest BCUT2D eigenvalue weighted by Crippen LogP contribution is 2.20. The first kappa shape index (κ1) is 11.5. The van der Waals surface area contributed by atoms with Gasteiger partial charge in [-0.3, -0.25) is 0 Å². The van der Waals surface area contributed by atoms with Gasteiger partial charge in [0.2, 0.25) is 0 Å². The van der Waals surface area contributed by atoms with Gasteiger partial charge in [-0.1, -0.05) is 45.8 Å². The molecular formula is C13H17Br. The molecule has 0 unspecified atom stereocenters. The molecule has 1 aromatic rings. The van der Waals surface area contributed by atoms with Crippen LogP contribution >= 0.6 is 15.9 Å². The van der Waals surface area contributed by atoms with Crippen molar-refractivity contribution >= 4 is 21.5 Å². The average Bonchev–Trinajstić information content (AvgIpc) is 2.18. The molecule has 0 heterocycles. The molecule has 0 nitrogen and oxygen atoms in total. The highest BCUT2D eigenvalue weighted by Gasteiger charge is 1.99. The first-order chi connectivity index (χ1) is 6.65.